The van der Waals surface area contributed by atoms with Crippen LogP contribution >= 0.6 is 11.3 Å². The first kappa shape index (κ1) is 21.4. The number of hydrogen-bond donors (Lipinski definition) is 3. The number of carbonyl (C=O) groups excluding carboxylic acids is 2. The number of nitrogens with one attached hydrogen (secondary N) is 2. The Bertz CT molecular complexity index is 1120. The molecule has 2 amide bonds. The average Bonchev–Trinajstić information content (AvgIpc) is 3.34. The topological polar surface area (TPSA) is 139 Å². The van der Waals surface area contributed by atoms with Gasteiger partial charge in [-0.3, -0.25) is 9.59 Å². The molecule has 3 heterocycles. The molecule has 0 bridgehead atoms. The van der Waals surface area contributed by atoms with E-state index in [1.54, 1.807) is 22.4 Å². The quantitative estimate of drug-likeness (QED) is 0.467. The van der Waals surface area contributed by atoms with Crippen LogP contribution in [0.3, 0.4) is 0 Å². The summed E-state index contributed by atoms with van der Waals surface area (Å²) in [5.41, 5.74) is 7.09. The van der Waals surface area contributed by atoms with Crippen LogP contribution in [0, 0.1) is 0 Å². The number of thiazole rings is 1. The molecule has 1 aliphatic rings. The molecule has 3 aromatic rings. The van der Waals surface area contributed by atoms with Gasteiger partial charge in [-0.25, -0.2) is 4.98 Å². The molecule has 0 unspecified atom stereocenters. The van der Waals surface area contributed by atoms with E-state index in [2.05, 4.69) is 37.4 Å². The molecule has 1 fully saturated rings. The highest BCUT2D eigenvalue weighted by Crippen LogP contribution is 2.25. The van der Waals surface area contributed by atoms with E-state index in [1.165, 1.54) is 6.08 Å². The first-order valence-corrected chi connectivity index (χ1v) is 10.9. The van der Waals surface area contributed by atoms with Crippen LogP contribution in [-0.2, 0) is 4.79 Å². The van der Waals surface area contributed by atoms with Crippen molar-refractivity contribution in [3.8, 4) is 10.6 Å². The SMILES string of the molecule is C=CC(=O)N1CCC[C@@H](Nc2nnc(C(N)=O)c(Nc3ccc(-c4nccs4)cc3)n2)C1. The maximum atomic E-state index is 11.9. The van der Waals surface area contributed by atoms with Crippen molar-refractivity contribution in [2.45, 2.75) is 18.9 Å². The maximum Gasteiger partial charge on any atom is 0.273 e. The van der Waals surface area contributed by atoms with E-state index in [4.69, 9.17) is 5.73 Å². The van der Waals surface area contributed by atoms with Crippen molar-refractivity contribution in [2.75, 3.05) is 23.7 Å². The number of hydrogen-bond acceptors (Lipinski definition) is 9. The number of piperidine rings is 1. The molecule has 11 heteroatoms. The predicted molar refractivity (Wildman–Crippen MR) is 123 cm³/mol. The minimum absolute atomic E-state index is 0.0423. The second-order valence-electron chi connectivity index (χ2n) is 7.21. The molecule has 1 aliphatic heterocycles. The van der Waals surface area contributed by atoms with Crippen LogP contribution in [-0.4, -0.2) is 56.0 Å². The number of carbonyl (C=O) groups is 2. The third-order valence-corrected chi connectivity index (χ3v) is 5.81. The molecule has 164 valence electrons. The fraction of sp³-hybridized carbons (Fsp3) is 0.238. The molecule has 1 atom stereocenters. The Balaban J connectivity index is 1.51. The van der Waals surface area contributed by atoms with Gasteiger partial charge >= 0.3 is 0 Å². The van der Waals surface area contributed by atoms with Gasteiger partial charge in [0.05, 0.1) is 0 Å². The molecule has 4 rings (SSSR count). The van der Waals surface area contributed by atoms with Crippen LogP contribution < -0.4 is 16.4 Å². The Kier molecular flexibility index (Phi) is 6.36. The van der Waals surface area contributed by atoms with Crippen molar-refractivity contribution in [3.05, 3.63) is 54.2 Å². The van der Waals surface area contributed by atoms with Gasteiger partial charge in [-0.05, 0) is 43.2 Å². The molecule has 0 spiro atoms. The monoisotopic (exact) mass is 450 g/mol. The van der Waals surface area contributed by atoms with Crippen molar-refractivity contribution in [3.63, 3.8) is 0 Å². The highest BCUT2D eigenvalue weighted by Gasteiger charge is 2.23. The zero-order chi connectivity index (χ0) is 22.5. The lowest BCUT2D eigenvalue weighted by molar-refractivity contribution is -0.127. The van der Waals surface area contributed by atoms with E-state index in [0.717, 1.165) is 23.4 Å². The van der Waals surface area contributed by atoms with Crippen LogP contribution in [0.15, 0.2) is 48.5 Å². The summed E-state index contributed by atoms with van der Waals surface area (Å²) < 4.78 is 0. The minimum atomic E-state index is -0.737. The van der Waals surface area contributed by atoms with Gasteiger partial charge < -0.3 is 21.3 Å². The number of amides is 2. The fourth-order valence-corrected chi connectivity index (χ4v) is 4.09. The van der Waals surface area contributed by atoms with Crippen LogP contribution in [0.4, 0.5) is 17.5 Å². The standard InChI is InChI=1S/C21H22N8O2S/c1-2-16(30)29-10-3-4-15(12-29)25-21-26-19(17(18(22)31)27-28-21)24-14-7-5-13(6-8-14)20-23-9-11-32-20/h2,5-9,11,15H,1,3-4,10,12H2,(H2,22,31)(H2,24,25,26,28)/t15-/m1/s1. The van der Waals surface area contributed by atoms with Crippen molar-refractivity contribution in [1.29, 1.82) is 0 Å². The highest BCUT2D eigenvalue weighted by molar-refractivity contribution is 7.13. The Morgan fingerprint density at radius 2 is 2.06 bits per heavy atom. The van der Waals surface area contributed by atoms with Crippen molar-refractivity contribution >= 4 is 40.6 Å². The number of nitrogens with two attached hydrogens (primary N) is 1. The van der Waals surface area contributed by atoms with Crippen LogP contribution in [0.5, 0.6) is 0 Å². The smallest absolute Gasteiger partial charge is 0.273 e. The van der Waals surface area contributed by atoms with E-state index in [1.807, 2.05) is 29.6 Å². The predicted octanol–water partition coefficient (Wildman–Crippen LogP) is 2.43. The molecular formula is C21H22N8O2S. The minimum Gasteiger partial charge on any atom is -0.364 e. The number of rotatable bonds is 7. The van der Waals surface area contributed by atoms with Crippen LogP contribution in [0.25, 0.3) is 10.6 Å². The first-order valence-electron chi connectivity index (χ1n) is 10.0. The van der Waals surface area contributed by atoms with Crippen molar-refractivity contribution in [2.24, 2.45) is 5.73 Å². The van der Waals surface area contributed by atoms with Gasteiger partial charge in [-0.2, -0.15) is 4.98 Å². The third kappa shape index (κ3) is 4.89. The van der Waals surface area contributed by atoms with E-state index in [-0.39, 0.29) is 29.4 Å². The van der Waals surface area contributed by atoms with Crippen molar-refractivity contribution < 1.29 is 9.59 Å². The molecule has 4 N–H and O–H groups in total. The molecule has 0 radical (unpaired) electrons. The number of aromatic nitrogens is 4. The average molecular weight is 451 g/mol. The highest BCUT2D eigenvalue weighted by atomic mass is 32.1. The summed E-state index contributed by atoms with van der Waals surface area (Å²) in [4.78, 5) is 34.2. The van der Waals surface area contributed by atoms with E-state index >= 15 is 0 Å². The summed E-state index contributed by atoms with van der Waals surface area (Å²) >= 11 is 1.55. The van der Waals surface area contributed by atoms with Gasteiger partial charge in [-0.1, -0.05) is 6.58 Å². The van der Waals surface area contributed by atoms with E-state index < -0.39 is 5.91 Å². The summed E-state index contributed by atoms with van der Waals surface area (Å²) in [5, 5.41) is 17.1. The van der Waals surface area contributed by atoms with Crippen molar-refractivity contribution in [1.82, 2.24) is 25.1 Å². The Morgan fingerprint density at radius 3 is 2.75 bits per heavy atom. The number of primary amides is 1. The zero-order valence-corrected chi connectivity index (χ0v) is 18.0. The summed E-state index contributed by atoms with van der Waals surface area (Å²) in [5.74, 6) is -0.399. The fourth-order valence-electron chi connectivity index (χ4n) is 3.45. The zero-order valence-electron chi connectivity index (χ0n) is 17.2. The number of anilines is 3. The number of nitrogens with zero attached hydrogens (tertiary/aromatic N) is 5. The lowest BCUT2D eigenvalue weighted by atomic mass is 10.1. The lowest BCUT2D eigenvalue weighted by Crippen LogP contribution is -2.44. The number of benzene rings is 1. The van der Waals surface area contributed by atoms with Gasteiger partial charge in [0.25, 0.3) is 5.91 Å². The molecule has 2 aromatic heterocycles. The Hall–Kier alpha value is -3.86. The summed E-state index contributed by atoms with van der Waals surface area (Å²) in [6, 6.07) is 7.52. The van der Waals surface area contributed by atoms with Gasteiger partial charge in [0, 0.05) is 42.0 Å². The van der Waals surface area contributed by atoms with Crippen LogP contribution in [0.2, 0.25) is 0 Å². The summed E-state index contributed by atoms with van der Waals surface area (Å²) in [7, 11) is 0. The van der Waals surface area contributed by atoms with E-state index in [0.29, 0.717) is 18.8 Å². The molecule has 10 nitrogen and oxygen atoms in total. The lowest BCUT2D eigenvalue weighted by Gasteiger charge is -2.32. The largest absolute Gasteiger partial charge is 0.364 e. The third-order valence-electron chi connectivity index (χ3n) is 4.99. The Morgan fingerprint density at radius 1 is 1.25 bits per heavy atom. The molecular weight excluding hydrogens is 428 g/mol. The second-order valence-corrected chi connectivity index (χ2v) is 8.10. The molecule has 0 saturated carbocycles. The van der Waals surface area contributed by atoms with Gasteiger partial charge in [-0.15, -0.1) is 21.5 Å². The second kappa shape index (κ2) is 9.52. The van der Waals surface area contributed by atoms with Crippen LogP contribution in [0.1, 0.15) is 23.3 Å². The van der Waals surface area contributed by atoms with Gasteiger partial charge in [0.15, 0.2) is 11.5 Å². The van der Waals surface area contributed by atoms with Gasteiger partial charge in [0.1, 0.15) is 5.01 Å². The maximum absolute atomic E-state index is 11.9. The van der Waals surface area contributed by atoms with Gasteiger partial charge in [0.2, 0.25) is 11.9 Å². The summed E-state index contributed by atoms with van der Waals surface area (Å²) in [6.45, 7) is 4.73. The normalized spacial score (nSPS) is 15.8. The number of likely N-dealkylation sites (tertiary alicyclic amines) is 1. The Labute approximate surface area is 188 Å². The molecule has 32 heavy (non-hydrogen) atoms. The first-order chi connectivity index (χ1) is 15.5. The molecule has 0 aliphatic carbocycles. The summed E-state index contributed by atoms with van der Waals surface area (Å²) in [6.07, 6.45) is 4.76. The van der Waals surface area contributed by atoms with E-state index in [9.17, 15) is 9.59 Å². The molecule has 1 saturated heterocycles. The molecule has 1 aromatic carbocycles.